The molecule has 0 aliphatic heterocycles. The third-order valence-electron chi connectivity index (χ3n) is 4.30. The fraction of sp³-hybridized carbons (Fsp3) is 0.733. The molecule has 4 nitrogen and oxygen atoms in total. The van der Waals surface area contributed by atoms with Crippen molar-refractivity contribution in [1.82, 2.24) is 9.62 Å². The monoisotopic (exact) mass is 330 g/mol. The van der Waals surface area contributed by atoms with Gasteiger partial charge in [-0.05, 0) is 44.2 Å². The van der Waals surface area contributed by atoms with Gasteiger partial charge in [0.15, 0.2) is 0 Å². The van der Waals surface area contributed by atoms with E-state index in [4.69, 9.17) is 0 Å². The molecule has 6 heteroatoms. The van der Waals surface area contributed by atoms with Crippen LogP contribution < -0.4 is 5.32 Å². The average molecular weight is 331 g/mol. The Hall–Kier alpha value is -0.430. The van der Waals surface area contributed by atoms with Crippen LogP contribution in [0.3, 0.4) is 0 Å². The van der Waals surface area contributed by atoms with Gasteiger partial charge in [-0.1, -0.05) is 13.8 Å². The molecular weight excluding hydrogens is 304 g/mol. The van der Waals surface area contributed by atoms with Crippen molar-refractivity contribution in [2.45, 2.75) is 63.4 Å². The zero-order chi connectivity index (χ0) is 15.8. The largest absolute Gasteiger partial charge is 0.309 e. The second-order valence-corrected chi connectivity index (χ2v) is 9.69. The van der Waals surface area contributed by atoms with Gasteiger partial charge in [0, 0.05) is 30.6 Å². The summed E-state index contributed by atoms with van der Waals surface area (Å²) in [7, 11) is -1.71. The number of thiophene rings is 1. The van der Waals surface area contributed by atoms with Gasteiger partial charge in [-0.2, -0.15) is 4.31 Å². The predicted molar refractivity (Wildman–Crippen MR) is 88.2 cm³/mol. The van der Waals surface area contributed by atoms with E-state index >= 15 is 0 Å². The number of sulfonamides is 1. The molecule has 21 heavy (non-hydrogen) atoms. The van der Waals surface area contributed by atoms with Crippen molar-refractivity contribution >= 4 is 21.4 Å². The Balaban J connectivity index is 2.17. The zero-order valence-electron chi connectivity index (χ0n) is 13.5. The van der Waals surface area contributed by atoms with E-state index in [1.807, 2.05) is 33.8 Å². The number of aryl methyl sites for hydroxylation is 1. The fourth-order valence-corrected chi connectivity index (χ4v) is 5.32. The highest BCUT2D eigenvalue weighted by atomic mass is 32.2. The van der Waals surface area contributed by atoms with Gasteiger partial charge in [0.05, 0.1) is 0 Å². The minimum Gasteiger partial charge on any atom is -0.309 e. The lowest BCUT2D eigenvalue weighted by Gasteiger charge is -2.26. The molecule has 1 aromatic heterocycles. The summed E-state index contributed by atoms with van der Waals surface area (Å²) in [6, 6.07) is 2.44. The molecule has 1 aliphatic rings. The van der Waals surface area contributed by atoms with Gasteiger partial charge < -0.3 is 5.32 Å². The van der Waals surface area contributed by atoms with Crippen molar-refractivity contribution in [2.75, 3.05) is 7.05 Å². The SMILES string of the molecule is Cc1cc(S(=O)(=O)N(C)C(C)C(C)C)sc1CNC1CC1. The summed E-state index contributed by atoms with van der Waals surface area (Å²) in [6.07, 6.45) is 2.48. The molecule has 0 bridgehead atoms. The van der Waals surface area contributed by atoms with Gasteiger partial charge in [0.2, 0.25) is 0 Å². The molecule has 1 heterocycles. The first-order valence-corrected chi connectivity index (χ1v) is 9.80. The highest BCUT2D eigenvalue weighted by molar-refractivity contribution is 7.91. The molecule has 0 radical (unpaired) electrons. The van der Waals surface area contributed by atoms with E-state index in [2.05, 4.69) is 5.32 Å². The number of hydrogen-bond donors (Lipinski definition) is 1. The summed E-state index contributed by atoms with van der Waals surface area (Å²) >= 11 is 1.40. The summed E-state index contributed by atoms with van der Waals surface area (Å²) in [6.45, 7) is 8.81. The quantitative estimate of drug-likeness (QED) is 0.836. The molecule has 1 atom stereocenters. The molecule has 2 rings (SSSR count). The third-order valence-corrected chi connectivity index (χ3v) is 7.93. The number of rotatable bonds is 7. The lowest BCUT2D eigenvalue weighted by Crippen LogP contribution is -2.37. The van der Waals surface area contributed by atoms with Crippen LogP contribution in [0.1, 0.15) is 44.1 Å². The molecule has 120 valence electrons. The van der Waals surface area contributed by atoms with Crippen molar-refractivity contribution in [3.8, 4) is 0 Å². The third kappa shape index (κ3) is 3.86. The van der Waals surface area contributed by atoms with E-state index in [-0.39, 0.29) is 6.04 Å². The second-order valence-electron chi connectivity index (χ2n) is 6.33. The van der Waals surface area contributed by atoms with E-state index in [1.165, 1.54) is 28.5 Å². The number of nitrogens with zero attached hydrogens (tertiary/aromatic N) is 1. The summed E-state index contributed by atoms with van der Waals surface area (Å²) in [5.74, 6) is 0.293. The van der Waals surface area contributed by atoms with Crippen LogP contribution >= 0.6 is 11.3 Å². The highest BCUT2D eigenvalue weighted by Gasteiger charge is 2.29. The molecule has 0 aromatic carbocycles. The lowest BCUT2D eigenvalue weighted by molar-refractivity contribution is 0.316. The van der Waals surface area contributed by atoms with Crippen molar-refractivity contribution in [1.29, 1.82) is 0 Å². The summed E-state index contributed by atoms with van der Waals surface area (Å²) in [4.78, 5) is 1.13. The van der Waals surface area contributed by atoms with Crippen molar-refractivity contribution in [2.24, 2.45) is 5.92 Å². The Kier molecular flexibility index (Phi) is 5.13. The Morgan fingerprint density at radius 1 is 1.38 bits per heavy atom. The van der Waals surface area contributed by atoms with Gasteiger partial charge in [0.25, 0.3) is 10.0 Å². The average Bonchev–Trinajstić information content (AvgIpc) is 3.17. The minimum absolute atomic E-state index is 0.00885. The molecule has 1 fully saturated rings. The maximum absolute atomic E-state index is 12.7. The Labute approximate surface area is 132 Å². The molecule has 1 aromatic rings. The van der Waals surface area contributed by atoms with Crippen LogP contribution in [0.2, 0.25) is 0 Å². The lowest BCUT2D eigenvalue weighted by atomic mass is 10.1. The predicted octanol–water partition coefficient (Wildman–Crippen LogP) is 2.97. The van der Waals surface area contributed by atoms with Crippen molar-refractivity contribution in [3.05, 3.63) is 16.5 Å². The molecule has 1 unspecified atom stereocenters. The van der Waals surface area contributed by atoms with E-state index in [9.17, 15) is 8.42 Å². The molecule has 0 spiro atoms. The first-order valence-electron chi connectivity index (χ1n) is 7.54. The molecule has 1 saturated carbocycles. The van der Waals surface area contributed by atoms with Crippen molar-refractivity contribution in [3.63, 3.8) is 0 Å². The molecule has 1 aliphatic carbocycles. The summed E-state index contributed by atoms with van der Waals surface area (Å²) in [5.41, 5.74) is 1.07. The first-order chi connectivity index (χ1) is 9.73. The fourth-order valence-electron chi connectivity index (χ4n) is 2.10. The smallest absolute Gasteiger partial charge is 0.252 e. The Morgan fingerprint density at radius 3 is 2.52 bits per heavy atom. The minimum atomic E-state index is -3.38. The standard InChI is InChI=1S/C15H26N2O2S2/c1-10(2)12(4)17(5)21(18,19)15-8-11(3)14(20-15)9-16-13-6-7-13/h8,10,12-13,16H,6-7,9H2,1-5H3. The van der Waals surface area contributed by atoms with Gasteiger partial charge >= 0.3 is 0 Å². The molecule has 0 saturated heterocycles. The van der Waals surface area contributed by atoms with E-state index in [1.54, 1.807) is 7.05 Å². The van der Waals surface area contributed by atoms with Crippen LogP contribution in [-0.2, 0) is 16.6 Å². The topological polar surface area (TPSA) is 49.4 Å². The maximum Gasteiger partial charge on any atom is 0.252 e. The van der Waals surface area contributed by atoms with Crippen LogP contribution in [0.15, 0.2) is 10.3 Å². The number of hydrogen-bond acceptors (Lipinski definition) is 4. The van der Waals surface area contributed by atoms with Gasteiger partial charge in [-0.15, -0.1) is 11.3 Å². The second kappa shape index (κ2) is 6.36. The van der Waals surface area contributed by atoms with Gasteiger partial charge in [-0.25, -0.2) is 8.42 Å². The summed E-state index contributed by atoms with van der Waals surface area (Å²) in [5, 5.41) is 3.45. The maximum atomic E-state index is 12.7. The normalized spacial score (nSPS) is 17.7. The van der Waals surface area contributed by atoms with Crippen LogP contribution in [0, 0.1) is 12.8 Å². The number of nitrogens with one attached hydrogen (secondary N) is 1. The van der Waals surface area contributed by atoms with E-state index in [0.717, 1.165) is 17.0 Å². The Morgan fingerprint density at radius 2 is 2.00 bits per heavy atom. The molecule has 1 N–H and O–H groups in total. The van der Waals surface area contributed by atoms with Gasteiger partial charge in [0.1, 0.15) is 4.21 Å². The highest BCUT2D eigenvalue weighted by Crippen LogP contribution is 2.30. The first kappa shape index (κ1) is 16.9. The Bertz CT molecular complexity index is 589. The van der Waals surface area contributed by atoms with Crippen molar-refractivity contribution < 1.29 is 8.42 Å². The summed E-state index contributed by atoms with van der Waals surface area (Å²) < 4.78 is 27.4. The molecule has 0 amide bonds. The van der Waals surface area contributed by atoms with Crippen LogP contribution in [0.4, 0.5) is 0 Å². The molecular formula is C15H26N2O2S2. The van der Waals surface area contributed by atoms with Crippen LogP contribution in [0.5, 0.6) is 0 Å². The van der Waals surface area contributed by atoms with E-state index in [0.29, 0.717) is 16.2 Å². The zero-order valence-corrected chi connectivity index (χ0v) is 15.1. The van der Waals surface area contributed by atoms with Gasteiger partial charge in [-0.3, -0.25) is 0 Å². The van der Waals surface area contributed by atoms with E-state index < -0.39 is 10.0 Å². The van der Waals surface area contributed by atoms with Crippen LogP contribution in [0.25, 0.3) is 0 Å². The van der Waals surface area contributed by atoms with Crippen LogP contribution in [-0.4, -0.2) is 31.9 Å².